The van der Waals surface area contributed by atoms with E-state index in [0.717, 1.165) is 17.3 Å². The maximum atomic E-state index is 12.9. The second-order valence-corrected chi connectivity index (χ2v) is 5.69. The Kier molecular flexibility index (Phi) is 4.38. The SMILES string of the molecule is Cc1cccc(NC(=O)Sc2nnc(-c3ccc(F)cc3)o2)c1. The highest BCUT2D eigenvalue weighted by Crippen LogP contribution is 2.24. The molecule has 3 rings (SSSR count). The van der Waals surface area contributed by atoms with E-state index in [9.17, 15) is 9.18 Å². The van der Waals surface area contributed by atoms with Gasteiger partial charge in [0.05, 0.1) is 0 Å². The van der Waals surface area contributed by atoms with Gasteiger partial charge >= 0.3 is 0 Å². The Morgan fingerprint density at radius 1 is 1.17 bits per heavy atom. The quantitative estimate of drug-likeness (QED) is 0.716. The van der Waals surface area contributed by atoms with Crippen LogP contribution in [0.5, 0.6) is 0 Å². The Bertz CT molecular complexity index is 833. The van der Waals surface area contributed by atoms with E-state index in [0.29, 0.717) is 11.3 Å². The van der Waals surface area contributed by atoms with Crippen molar-refractivity contribution >= 4 is 22.7 Å². The van der Waals surface area contributed by atoms with Crippen molar-refractivity contribution in [3.8, 4) is 11.5 Å². The Hall–Kier alpha value is -2.67. The highest BCUT2D eigenvalue weighted by Gasteiger charge is 2.13. The second-order valence-electron chi connectivity index (χ2n) is 4.76. The largest absolute Gasteiger partial charge is 0.411 e. The normalized spacial score (nSPS) is 10.5. The molecule has 0 aliphatic carbocycles. The van der Waals surface area contributed by atoms with Crippen molar-refractivity contribution < 1.29 is 13.6 Å². The summed E-state index contributed by atoms with van der Waals surface area (Å²) in [6.45, 7) is 1.94. The average molecular weight is 329 g/mol. The van der Waals surface area contributed by atoms with E-state index in [1.54, 1.807) is 6.07 Å². The molecule has 2 aromatic carbocycles. The third kappa shape index (κ3) is 3.95. The molecule has 0 spiro atoms. The van der Waals surface area contributed by atoms with Crippen molar-refractivity contribution in [3.63, 3.8) is 0 Å². The minimum Gasteiger partial charge on any atom is -0.411 e. The van der Waals surface area contributed by atoms with Gasteiger partial charge in [-0.05, 0) is 48.9 Å². The summed E-state index contributed by atoms with van der Waals surface area (Å²) >= 11 is 0.799. The standard InChI is InChI=1S/C16H12FN3O2S/c1-10-3-2-4-13(9-10)18-15(21)23-16-20-19-14(22-16)11-5-7-12(17)8-6-11/h2-9H,1H3,(H,18,21). The van der Waals surface area contributed by atoms with Crippen LogP contribution in [0.1, 0.15) is 5.56 Å². The number of hydrogen-bond acceptors (Lipinski definition) is 5. The molecule has 0 saturated heterocycles. The van der Waals surface area contributed by atoms with Gasteiger partial charge in [-0.3, -0.25) is 4.79 Å². The van der Waals surface area contributed by atoms with Gasteiger partial charge in [0.25, 0.3) is 10.5 Å². The van der Waals surface area contributed by atoms with Crippen molar-refractivity contribution in [2.24, 2.45) is 0 Å². The molecule has 116 valence electrons. The number of amides is 1. The Morgan fingerprint density at radius 3 is 2.70 bits per heavy atom. The van der Waals surface area contributed by atoms with Gasteiger partial charge in [-0.1, -0.05) is 12.1 Å². The monoisotopic (exact) mass is 329 g/mol. The van der Waals surface area contributed by atoms with E-state index in [1.807, 2.05) is 25.1 Å². The topological polar surface area (TPSA) is 68.0 Å². The molecule has 0 aliphatic heterocycles. The summed E-state index contributed by atoms with van der Waals surface area (Å²) in [7, 11) is 0. The van der Waals surface area contributed by atoms with Crippen molar-refractivity contribution in [2.45, 2.75) is 12.1 Å². The summed E-state index contributed by atoms with van der Waals surface area (Å²) in [5, 5.41) is 10.2. The number of carbonyl (C=O) groups excluding carboxylic acids is 1. The number of thioether (sulfide) groups is 1. The highest BCUT2D eigenvalue weighted by atomic mass is 32.2. The van der Waals surface area contributed by atoms with Gasteiger partial charge in [-0.2, -0.15) is 0 Å². The third-order valence-electron chi connectivity index (χ3n) is 2.94. The van der Waals surface area contributed by atoms with E-state index in [1.165, 1.54) is 24.3 Å². The summed E-state index contributed by atoms with van der Waals surface area (Å²) < 4.78 is 18.3. The Balaban J connectivity index is 1.66. The van der Waals surface area contributed by atoms with Gasteiger partial charge in [-0.25, -0.2) is 4.39 Å². The number of anilines is 1. The van der Waals surface area contributed by atoms with Crippen LogP contribution in [0.15, 0.2) is 58.2 Å². The molecule has 1 aromatic heterocycles. The van der Waals surface area contributed by atoms with Gasteiger partial charge in [0.15, 0.2) is 0 Å². The van der Waals surface area contributed by atoms with Crippen LogP contribution in [0.25, 0.3) is 11.5 Å². The van der Waals surface area contributed by atoms with Crippen molar-refractivity contribution in [1.29, 1.82) is 0 Å². The van der Waals surface area contributed by atoms with Gasteiger partial charge in [0.2, 0.25) is 5.89 Å². The lowest BCUT2D eigenvalue weighted by atomic mass is 10.2. The summed E-state index contributed by atoms with van der Waals surface area (Å²) in [6, 6.07) is 13.1. The number of rotatable bonds is 3. The first-order valence-electron chi connectivity index (χ1n) is 6.75. The van der Waals surface area contributed by atoms with Crippen LogP contribution in [0, 0.1) is 12.7 Å². The number of aryl methyl sites for hydroxylation is 1. The lowest BCUT2D eigenvalue weighted by molar-refractivity contribution is 0.269. The summed E-state index contributed by atoms with van der Waals surface area (Å²) in [6.07, 6.45) is 0. The molecule has 5 nitrogen and oxygen atoms in total. The molecule has 0 aliphatic rings. The number of carbonyl (C=O) groups is 1. The van der Waals surface area contributed by atoms with Gasteiger partial charge in [0, 0.05) is 23.0 Å². The van der Waals surface area contributed by atoms with E-state index in [2.05, 4.69) is 15.5 Å². The molecule has 1 amide bonds. The molecule has 7 heteroatoms. The lowest BCUT2D eigenvalue weighted by Crippen LogP contribution is -2.04. The number of nitrogens with zero attached hydrogens (tertiary/aromatic N) is 2. The zero-order chi connectivity index (χ0) is 16.2. The zero-order valence-corrected chi connectivity index (χ0v) is 12.9. The molecular weight excluding hydrogens is 317 g/mol. The van der Waals surface area contributed by atoms with Gasteiger partial charge in [0.1, 0.15) is 5.82 Å². The highest BCUT2D eigenvalue weighted by molar-refractivity contribution is 8.13. The number of nitrogens with one attached hydrogen (secondary N) is 1. The fraction of sp³-hybridized carbons (Fsp3) is 0.0625. The smallest absolute Gasteiger partial charge is 0.292 e. The molecule has 0 unspecified atom stereocenters. The first-order chi connectivity index (χ1) is 11.1. The second kappa shape index (κ2) is 6.62. The summed E-state index contributed by atoms with van der Waals surface area (Å²) in [5.41, 5.74) is 2.33. The van der Waals surface area contributed by atoms with E-state index in [4.69, 9.17) is 4.42 Å². The molecular formula is C16H12FN3O2S. The first kappa shape index (κ1) is 15.2. The molecule has 0 atom stereocenters. The van der Waals surface area contributed by atoms with E-state index < -0.39 is 0 Å². The zero-order valence-electron chi connectivity index (χ0n) is 12.1. The Morgan fingerprint density at radius 2 is 1.96 bits per heavy atom. The lowest BCUT2D eigenvalue weighted by Gasteiger charge is -2.03. The molecule has 1 N–H and O–H groups in total. The van der Waals surface area contributed by atoms with Crippen molar-refractivity contribution in [1.82, 2.24) is 10.2 Å². The van der Waals surface area contributed by atoms with Gasteiger partial charge in [-0.15, -0.1) is 10.2 Å². The predicted molar refractivity (Wildman–Crippen MR) is 85.7 cm³/mol. The van der Waals surface area contributed by atoms with E-state index in [-0.39, 0.29) is 22.2 Å². The van der Waals surface area contributed by atoms with Crippen LogP contribution in [0.2, 0.25) is 0 Å². The van der Waals surface area contributed by atoms with Crippen LogP contribution in [0.3, 0.4) is 0 Å². The van der Waals surface area contributed by atoms with Crippen LogP contribution in [-0.4, -0.2) is 15.4 Å². The predicted octanol–water partition coefficient (Wildman–Crippen LogP) is 4.51. The number of benzene rings is 2. The fourth-order valence-corrected chi connectivity index (χ4v) is 2.44. The van der Waals surface area contributed by atoms with E-state index >= 15 is 0 Å². The van der Waals surface area contributed by atoms with Crippen LogP contribution >= 0.6 is 11.8 Å². The van der Waals surface area contributed by atoms with Crippen LogP contribution in [-0.2, 0) is 0 Å². The number of aromatic nitrogens is 2. The molecule has 3 aromatic rings. The molecule has 0 radical (unpaired) electrons. The number of halogens is 1. The summed E-state index contributed by atoms with van der Waals surface area (Å²) in [4.78, 5) is 12.0. The molecule has 23 heavy (non-hydrogen) atoms. The third-order valence-corrected chi connectivity index (χ3v) is 3.57. The van der Waals surface area contributed by atoms with Gasteiger partial charge < -0.3 is 9.73 Å². The van der Waals surface area contributed by atoms with Crippen LogP contribution < -0.4 is 5.32 Å². The molecule has 0 bridgehead atoms. The first-order valence-corrected chi connectivity index (χ1v) is 7.57. The molecule has 0 saturated carbocycles. The van der Waals surface area contributed by atoms with Crippen molar-refractivity contribution in [3.05, 3.63) is 59.9 Å². The molecule has 1 heterocycles. The van der Waals surface area contributed by atoms with Crippen LogP contribution in [0.4, 0.5) is 14.9 Å². The Labute approximate surface area is 135 Å². The average Bonchev–Trinajstić information content (AvgIpc) is 2.96. The molecule has 0 fully saturated rings. The minimum absolute atomic E-state index is 0.120. The fourth-order valence-electron chi connectivity index (χ4n) is 1.91. The minimum atomic E-state index is -0.347. The number of hydrogen-bond donors (Lipinski definition) is 1. The van der Waals surface area contributed by atoms with Crippen molar-refractivity contribution in [2.75, 3.05) is 5.32 Å². The summed E-state index contributed by atoms with van der Waals surface area (Å²) in [5.74, 6) is -0.115. The maximum Gasteiger partial charge on any atom is 0.292 e. The maximum absolute atomic E-state index is 12.9.